The fourth-order valence-electron chi connectivity index (χ4n) is 4.19. The first-order valence-corrected chi connectivity index (χ1v) is 8.75. The molecule has 1 saturated heterocycles. The molecule has 0 spiro atoms. The second-order valence-corrected chi connectivity index (χ2v) is 7.15. The smallest absolute Gasteiger partial charge is 0.141 e. The molecule has 0 aromatic carbocycles. The Labute approximate surface area is 126 Å². The van der Waals surface area contributed by atoms with Gasteiger partial charge in [-0.05, 0) is 31.6 Å². The van der Waals surface area contributed by atoms with Crippen molar-refractivity contribution in [2.75, 3.05) is 13.1 Å². The molecule has 5 nitrogen and oxygen atoms in total. The Balaban J connectivity index is 1.31. The van der Waals surface area contributed by atoms with Gasteiger partial charge in [-0.3, -0.25) is 10.00 Å². The third-order valence-corrected chi connectivity index (χ3v) is 5.77. The summed E-state index contributed by atoms with van der Waals surface area (Å²) in [6, 6.07) is 1.90. The maximum atomic E-state index is 4.40. The minimum atomic E-state index is 0.389. The minimum absolute atomic E-state index is 0.389. The molecular formula is C16H27N5. The quantitative estimate of drug-likeness (QED) is 0.873. The molecule has 2 N–H and O–H groups in total. The van der Waals surface area contributed by atoms with Crippen LogP contribution in [0, 0.1) is 5.92 Å². The molecule has 0 bridgehead atoms. The number of nitrogens with zero attached hydrogens (tertiary/aromatic N) is 3. The molecule has 21 heavy (non-hydrogen) atoms. The summed E-state index contributed by atoms with van der Waals surface area (Å²) in [4.78, 5) is 7.09. The van der Waals surface area contributed by atoms with Crippen LogP contribution in [-0.4, -0.2) is 45.3 Å². The number of hydrogen-bond donors (Lipinski definition) is 2. The highest BCUT2D eigenvalue weighted by atomic mass is 15.3. The first kappa shape index (κ1) is 13.7. The molecule has 2 saturated carbocycles. The second kappa shape index (κ2) is 6.05. The van der Waals surface area contributed by atoms with E-state index in [4.69, 9.17) is 0 Å². The summed E-state index contributed by atoms with van der Waals surface area (Å²) in [6.45, 7) is 2.45. The van der Waals surface area contributed by atoms with Gasteiger partial charge in [0.05, 0.1) is 6.04 Å². The van der Waals surface area contributed by atoms with E-state index in [0.717, 1.165) is 17.8 Å². The average Bonchev–Trinajstić information content (AvgIpc) is 2.93. The Morgan fingerprint density at radius 1 is 1.10 bits per heavy atom. The molecule has 3 fully saturated rings. The Bertz CT molecular complexity index is 430. The molecule has 1 atom stereocenters. The van der Waals surface area contributed by atoms with Crippen LogP contribution in [-0.2, 0) is 0 Å². The molecule has 4 rings (SSSR count). The lowest BCUT2D eigenvalue weighted by Gasteiger charge is -2.48. The summed E-state index contributed by atoms with van der Waals surface area (Å²) in [5.41, 5.74) is 0. The van der Waals surface area contributed by atoms with E-state index in [1.165, 1.54) is 64.5 Å². The highest BCUT2D eigenvalue weighted by Gasteiger charge is 2.37. The lowest BCUT2D eigenvalue weighted by molar-refractivity contribution is 0.0417. The van der Waals surface area contributed by atoms with Crippen molar-refractivity contribution in [2.24, 2.45) is 5.92 Å². The second-order valence-electron chi connectivity index (χ2n) is 7.15. The van der Waals surface area contributed by atoms with E-state index in [2.05, 4.69) is 25.4 Å². The SMILES string of the molecule is c1n[nH]c(C(NC2CN(C3CCCCC3)C2)C2CCC2)n1. The third-order valence-electron chi connectivity index (χ3n) is 5.77. The summed E-state index contributed by atoms with van der Waals surface area (Å²) in [5, 5.41) is 11.0. The van der Waals surface area contributed by atoms with Crippen molar-refractivity contribution in [2.45, 2.75) is 69.5 Å². The predicted molar refractivity (Wildman–Crippen MR) is 81.8 cm³/mol. The largest absolute Gasteiger partial charge is 0.302 e. The first-order chi connectivity index (χ1) is 10.4. The molecule has 1 unspecified atom stereocenters. The van der Waals surface area contributed by atoms with Crippen molar-refractivity contribution < 1.29 is 0 Å². The summed E-state index contributed by atoms with van der Waals surface area (Å²) in [7, 11) is 0. The molecule has 1 aromatic heterocycles. The normalized spacial score (nSPS) is 27.2. The fourth-order valence-corrected chi connectivity index (χ4v) is 4.19. The van der Waals surface area contributed by atoms with Gasteiger partial charge in [-0.25, -0.2) is 4.98 Å². The van der Waals surface area contributed by atoms with E-state index in [9.17, 15) is 0 Å². The Kier molecular flexibility index (Phi) is 3.95. The van der Waals surface area contributed by atoms with Gasteiger partial charge >= 0.3 is 0 Å². The number of H-pyrrole nitrogens is 1. The van der Waals surface area contributed by atoms with Crippen LogP contribution in [0.25, 0.3) is 0 Å². The van der Waals surface area contributed by atoms with Gasteiger partial charge in [-0.1, -0.05) is 25.7 Å². The number of rotatable bonds is 5. The van der Waals surface area contributed by atoms with E-state index in [-0.39, 0.29) is 0 Å². The highest BCUT2D eigenvalue weighted by molar-refractivity contribution is 5.02. The van der Waals surface area contributed by atoms with Crippen molar-refractivity contribution in [3.05, 3.63) is 12.2 Å². The van der Waals surface area contributed by atoms with Crippen molar-refractivity contribution >= 4 is 0 Å². The lowest BCUT2D eigenvalue weighted by atomic mass is 9.79. The predicted octanol–water partition coefficient (Wildman–Crippen LogP) is 2.25. The van der Waals surface area contributed by atoms with Crippen LogP contribution in [0.4, 0.5) is 0 Å². The van der Waals surface area contributed by atoms with Crippen LogP contribution in [0.1, 0.15) is 63.2 Å². The molecule has 2 heterocycles. The van der Waals surface area contributed by atoms with Crippen LogP contribution >= 0.6 is 0 Å². The first-order valence-electron chi connectivity index (χ1n) is 8.75. The summed E-state index contributed by atoms with van der Waals surface area (Å²) in [6.07, 6.45) is 12.8. The summed E-state index contributed by atoms with van der Waals surface area (Å²) in [5.74, 6) is 1.79. The van der Waals surface area contributed by atoms with E-state index in [1.807, 2.05) is 0 Å². The van der Waals surface area contributed by atoms with Gasteiger partial charge in [0, 0.05) is 25.2 Å². The van der Waals surface area contributed by atoms with Crippen LogP contribution in [0.3, 0.4) is 0 Å². The van der Waals surface area contributed by atoms with Gasteiger partial charge in [0.1, 0.15) is 12.2 Å². The lowest BCUT2D eigenvalue weighted by Crippen LogP contribution is -2.62. The van der Waals surface area contributed by atoms with E-state index in [1.54, 1.807) is 6.33 Å². The summed E-state index contributed by atoms with van der Waals surface area (Å²) >= 11 is 0. The van der Waals surface area contributed by atoms with Crippen molar-refractivity contribution in [1.82, 2.24) is 25.4 Å². The minimum Gasteiger partial charge on any atom is -0.302 e. The van der Waals surface area contributed by atoms with Crippen molar-refractivity contribution in [1.29, 1.82) is 0 Å². The molecule has 3 aliphatic rings. The van der Waals surface area contributed by atoms with Crippen LogP contribution < -0.4 is 5.32 Å². The Morgan fingerprint density at radius 2 is 1.90 bits per heavy atom. The van der Waals surface area contributed by atoms with E-state index >= 15 is 0 Å². The Hall–Kier alpha value is -0.940. The van der Waals surface area contributed by atoms with Crippen LogP contribution in [0.2, 0.25) is 0 Å². The van der Waals surface area contributed by atoms with Gasteiger partial charge in [0.25, 0.3) is 0 Å². The molecule has 0 amide bonds. The van der Waals surface area contributed by atoms with Gasteiger partial charge in [0.2, 0.25) is 0 Å². The molecule has 1 aromatic rings. The van der Waals surface area contributed by atoms with Gasteiger partial charge in [0.15, 0.2) is 0 Å². The third kappa shape index (κ3) is 2.86. The number of aromatic nitrogens is 3. The zero-order chi connectivity index (χ0) is 14.1. The maximum absolute atomic E-state index is 4.40. The monoisotopic (exact) mass is 289 g/mol. The van der Waals surface area contributed by atoms with Gasteiger partial charge in [-0.15, -0.1) is 0 Å². The molecule has 1 aliphatic heterocycles. The van der Waals surface area contributed by atoms with Crippen molar-refractivity contribution in [3.8, 4) is 0 Å². The molecule has 116 valence electrons. The fraction of sp³-hybridized carbons (Fsp3) is 0.875. The van der Waals surface area contributed by atoms with E-state index in [0.29, 0.717) is 12.1 Å². The molecule has 5 heteroatoms. The number of aromatic amines is 1. The number of likely N-dealkylation sites (tertiary alicyclic amines) is 1. The van der Waals surface area contributed by atoms with Crippen LogP contribution in [0.15, 0.2) is 6.33 Å². The number of nitrogens with one attached hydrogen (secondary N) is 2. The zero-order valence-corrected chi connectivity index (χ0v) is 12.8. The highest BCUT2D eigenvalue weighted by Crippen LogP contribution is 2.37. The zero-order valence-electron chi connectivity index (χ0n) is 12.8. The summed E-state index contributed by atoms with van der Waals surface area (Å²) < 4.78 is 0. The van der Waals surface area contributed by atoms with Crippen molar-refractivity contribution in [3.63, 3.8) is 0 Å². The van der Waals surface area contributed by atoms with Crippen LogP contribution in [0.5, 0.6) is 0 Å². The molecule has 2 aliphatic carbocycles. The molecule has 0 radical (unpaired) electrons. The Morgan fingerprint density at radius 3 is 2.52 bits per heavy atom. The van der Waals surface area contributed by atoms with Gasteiger partial charge < -0.3 is 5.32 Å². The number of hydrogen-bond acceptors (Lipinski definition) is 4. The standard InChI is InChI=1S/C16H27N5/c1-2-7-14(8-3-1)21-9-13(10-21)19-15(12-5-4-6-12)16-17-11-18-20-16/h11-15,19H,1-10H2,(H,17,18,20). The van der Waals surface area contributed by atoms with E-state index < -0.39 is 0 Å². The molecular weight excluding hydrogens is 262 g/mol. The van der Waals surface area contributed by atoms with Gasteiger partial charge in [-0.2, -0.15) is 5.10 Å². The topological polar surface area (TPSA) is 56.8 Å². The average molecular weight is 289 g/mol. The maximum Gasteiger partial charge on any atom is 0.141 e.